The average Bonchev–Trinajstić information content (AvgIpc) is 2.95. The number of halogens is 1. The van der Waals surface area contributed by atoms with E-state index >= 15 is 0 Å². The van der Waals surface area contributed by atoms with Gasteiger partial charge < -0.3 is 4.90 Å². The van der Waals surface area contributed by atoms with Gasteiger partial charge >= 0.3 is 0 Å². The van der Waals surface area contributed by atoms with Crippen molar-refractivity contribution in [2.45, 2.75) is 45.2 Å². The maximum atomic E-state index is 12.8. The lowest BCUT2D eigenvalue weighted by molar-refractivity contribution is -0.133. The number of nitrogens with zero attached hydrogens (tertiary/aromatic N) is 4. The quantitative estimate of drug-likeness (QED) is 0.721. The van der Waals surface area contributed by atoms with Crippen LogP contribution in [0.4, 0.5) is 0 Å². The summed E-state index contributed by atoms with van der Waals surface area (Å²) in [4.78, 5) is 29.3. The lowest BCUT2D eigenvalue weighted by Crippen LogP contribution is -2.49. The summed E-state index contributed by atoms with van der Waals surface area (Å²) in [5, 5.41) is 5.30. The molecule has 7 heteroatoms. The first-order valence-electron chi connectivity index (χ1n) is 10.4. The Bertz CT molecular complexity index is 935. The maximum Gasteiger partial charge on any atom is 0.267 e. The van der Waals surface area contributed by atoms with Crippen molar-refractivity contribution in [2.75, 3.05) is 26.2 Å². The van der Waals surface area contributed by atoms with Crippen molar-refractivity contribution in [1.29, 1.82) is 0 Å². The van der Waals surface area contributed by atoms with E-state index in [1.165, 1.54) is 11.1 Å². The van der Waals surface area contributed by atoms with E-state index in [1.54, 1.807) is 6.07 Å². The SMILES string of the molecule is O=C(Cn1nc2c(cc1=O)CCCCC2)N1CCN(Cc2ccccc2Cl)CC1. The predicted molar refractivity (Wildman–Crippen MR) is 113 cm³/mol. The molecule has 4 rings (SSSR count). The van der Waals surface area contributed by atoms with Gasteiger partial charge in [-0.3, -0.25) is 14.5 Å². The third-order valence-corrected chi connectivity index (χ3v) is 6.25. The molecule has 2 aliphatic rings. The molecule has 29 heavy (non-hydrogen) atoms. The Morgan fingerprint density at radius 3 is 2.59 bits per heavy atom. The van der Waals surface area contributed by atoms with Gasteiger partial charge in [-0.05, 0) is 42.9 Å². The van der Waals surface area contributed by atoms with E-state index < -0.39 is 0 Å². The second-order valence-corrected chi connectivity index (χ2v) is 8.33. The Balaban J connectivity index is 1.35. The Morgan fingerprint density at radius 1 is 1.03 bits per heavy atom. The van der Waals surface area contributed by atoms with E-state index in [9.17, 15) is 9.59 Å². The Hall–Kier alpha value is -2.18. The fourth-order valence-electron chi connectivity index (χ4n) is 4.14. The van der Waals surface area contributed by atoms with Crippen LogP contribution in [0.3, 0.4) is 0 Å². The summed E-state index contributed by atoms with van der Waals surface area (Å²) in [7, 11) is 0. The molecule has 0 radical (unpaired) electrons. The summed E-state index contributed by atoms with van der Waals surface area (Å²) >= 11 is 6.26. The van der Waals surface area contributed by atoms with Gasteiger partial charge in [0, 0.05) is 43.8 Å². The van der Waals surface area contributed by atoms with Crippen LogP contribution in [0.25, 0.3) is 0 Å². The molecule has 1 aromatic carbocycles. The molecular formula is C22H27ClN4O2. The molecule has 1 aliphatic carbocycles. The molecule has 1 aromatic heterocycles. The molecular weight excluding hydrogens is 388 g/mol. The largest absolute Gasteiger partial charge is 0.339 e. The summed E-state index contributed by atoms with van der Waals surface area (Å²) < 4.78 is 1.35. The molecule has 1 amide bonds. The molecule has 0 unspecified atom stereocenters. The fourth-order valence-corrected chi connectivity index (χ4v) is 4.34. The molecule has 0 bridgehead atoms. The molecule has 154 valence electrons. The summed E-state index contributed by atoms with van der Waals surface area (Å²) in [5.41, 5.74) is 2.98. The average molecular weight is 415 g/mol. The number of aromatic nitrogens is 2. The zero-order valence-electron chi connectivity index (χ0n) is 16.6. The molecule has 2 heterocycles. The zero-order valence-corrected chi connectivity index (χ0v) is 17.4. The third-order valence-electron chi connectivity index (χ3n) is 5.89. The number of carbonyl (C=O) groups excluding carboxylic acids is 1. The standard InChI is InChI=1S/C22H27ClN4O2/c23-19-8-5-4-7-18(19)15-25-10-12-26(13-11-25)22(29)16-27-21(28)14-17-6-2-1-3-9-20(17)24-27/h4-5,7-8,14H,1-3,6,9-13,15-16H2. The van der Waals surface area contributed by atoms with E-state index in [-0.39, 0.29) is 18.0 Å². The molecule has 1 saturated heterocycles. The van der Waals surface area contributed by atoms with Crippen LogP contribution in [0.15, 0.2) is 35.1 Å². The number of benzene rings is 1. The first-order chi connectivity index (χ1) is 14.1. The first-order valence-corrected chi connectivity index (χ1v) is 10.8. The van der Waals surface area contributed by atoms with Gasteiger partial charge in [0.25, 0.3) is 5.56 Å². The number of carbonyl (C=O) groups is 1. The van der Waals surface area contributed by atoms with Gasteiger partial charge in [-0.15, -0.1) is 0 Å². The van der Waals surface area contributed by atoms with Crippen LogP contribution < -0.4 is 5.56 Å². The van der Waals surface area contributed by atoms with Crippen molar-refractivity contribution >= 4 is 17.5 Å². The van der Waals surface area contributed by atoms with Crippen molar-refractivity contribution in [3.63, 3.8) is 0 Å². The first kappa shape index (κ1) is 20.1. The van der Waals surface area contributed by atoms with Crippen molar-refractivity contribution < 1.29 is 4.79 Å². The van der Waals surface area contributed by atoms with Gasteiger partial charge in [0.2, 0.25) is 5.91 Å². The van der Waals surface area contributed by atoms with Gasteiger partial charge in [0.05, 0.1) is 5.69 Å². The zero-order chi connectivity index (χ0) is 20.2. The Morgan fingerprint density at radius 2 is 1.79 bits per heavy atom. The smallest absolute Gasteiger partial charge is 0.267 e. The summed E-state index contributed by atoms with van der Waals surface area (Å²) in [6, 6.07) is 9.55. The minimum Gasteiger partial charge on any atom is -0.339 e. The minimum atomic E-state index is -0.170. The normalized spacial score (nSPS) is 17.6. The molecule has 0 spiro atoms. The number of amides is 1. The van der Waals surface area contributed by atoms with Crippen molar-refractivity contribution in [1.82, 2.24) is 19.6 Å². The topological polar surface area (TPSA) is 58.4 Å². The molecule has 0 atom stereocenters. The number of aryl methyl sites for hydroxylation is 2. The Kier molecular flexibility index (Phi) is 6.31. The van der Waals surface area contributed by atoms with Crippen molar-refractivity contribution in [3.8, 4) is 0 Å². The van der Waals surface area contributed by atoms with Crippen molar-refractivity contribution in [3.05, 3.63) is 62.5 Å². The molecule has 2 aromatic rings. The van der Waals surface area contributed by atoms with Gasteiger partial charge in [-0.1, -0.05) is 36.2 Å². The second kappa shape index (κ2) is 9.09. The summed E-state index contributed by atoms with van der Waals surface area (Å²) in [5.74, 6) is -0.0365. The number of hydrogen-bond acceptors (Lipinski definition) is 4. The molecule has 1 fully saturated rings. The van der Waals surface area contributed by atoms with Crippen LogP contribution in [0.2, 0.25) is 5.02 Å². The highest BCUT2D eigenvalue weighted by Gasteiger charge is 2.23. The highest BCUT2D eigenvalue weighted by atomic mass is 35.5. The van der Waals surface area contributed by atoms with Crippen LogP contribution in [-0.2, 0) is 30.7 Å². The van der Waals surface area contributed by atoms with Crippen LogP contribution in [0.5, 0.6) is 0 Å². The number of hydrogen-bond donors (Lipinski definition) is 0. The molecule has 6 nitrogen and oxygen atoms in total. The van der Waals surface area contributed by atoms with E-state index in [1.807, 2.05) is 29.2 Å². The summed E-state index contributed by atoms with van der Waals surface area (Å²) in [6.45, 7) is 3.71. The van der Waals surface area contributed by atoms with E-state index in [4.69, 9.17) is 11.6 Å². The molecule has 0 N–H and O–H groups in total. The third kappa shape index (κ3) is 4.87. The van der Waals surface area contributed by atoms with E-state index in [2.05, 4.69) is 10.00 Å². The monoisotopic (exact) mass is 414 g/mol. The summed E-state index contributed by atoms with van der Waals surface area (Å²) in [6.07, 6.45) is 5.18. The van der Waals surface area contributed by atoms with Gasteiger partial charge in [-0.2, -0.15) is 5.10 Å². The number of fused-ring (bicyclic) bond motifs is 1. The highest BCUT2D eigenvalue weighted by Crippen LogP contribution is 2.18. The van der Waals surface area contributed by atoms with E-state index in [0.29, 0.717) is 13.1 Å². The van der Waals surface area contributed by atoms with Crippen LogP contribution in [-0.4, -0.2) is 51.7 Å². The van der Waals surface area contributed by atoms with Gasteiger partial charge in [0.15, 0.2) is 0 Å². The van der Waals surface area contributed by atoms with Crippen LogP contribution in [0, 0.1) is 0 Å². The van der Waals surface area contributed by atoms with Crippen molar-refractivity contribution in [2.24, 2.45) is 0 Å². The number of rotatable bonds is 4. The lowest BCUT2D eigenvalue weighted by Gasteiger charge is -2.35. The Labute approximate surface area is 176 Å². The van der Waals surface area contributed by atoms with E-state index in [0.717, 1.165) is 67.2 Å². The van der Waals surface area contributed by atoms with Crippen LogP contribution in [0.1, 0.15) is 36.1 Å². The maximum absolute atomic E-state index is 12.8. The number of piperazine rings is 1. The van der Waals surface area contributed by atoms with Gasteiger partial charge in [0.1, 0.15) is 6.54 Å². The predicted octanol–water partition coefficient (Wildman–Crippen LogP) is 2.51. The molecule has 1 aliphatic heterocycles. The lowest BCUT2D eigenvalue weighted by atomic mass is 10.1. The van der Waals surface area contributed by atoms with Gasteiger partial charge in [-0.25, -0.2) is 4.68 Å². The highest BCUT2D eigenvalue weighted by molar-refractivity contribution is 6.31. The molecule has 0 saturated carbocycles. The fraction of sp³-hybridized carbons (Fsp3) is 0.500. The van der Waals surface area contributed by atoms with Crippen LogP contribution >= 0.6 is 11.6 Å². The minimum absolute atomic E-state index is 0.0244. The second-order valence-electron chi connectivity index (χ2n) is 7.92.